The number of rotatable bonds is 9. The molecule has 2 aromatic carbocycles. The van der Waals surface area contributed by atoms with Gasteiger partial charge in [0.2, 0.25) is 0 Å². The molecule has 0 spiro atoms. The third kappa shape index (κ3) is 10.8. The number of hydrogen-bond acceptors (Lipinski definition) is 9. The van der Waals surface area contributed by atoms with Gasteiger partial charge in [-0.1, -0.05) is 24.3 Å². The van der Waals surface area contributed by atoms with Crippen LogP contribution in [0.1, 0.15) is 87.2 Å². The highest BCUT2D eigenvalue weighted by molar-refractivity contribution is 7.88. The van der Waals surface area contributed by atoms with E-state index >= 15 is 0 Å². The zero-order valence-corrected chi connectivity index (χ0v) is 28.4. The minimum Gasteiger partial charge on any atom is -0.469 e. The molecule has 0 atom stereocenters. The Labute approximate surface area is 281 Å². The van der Waals surface area contributed by atoms with Crippen molar-refractivity contribution in [1.29, 1.82) is 0 Å². The molecule has 0 unspecified atom stereocenters. The molecule has 0 N–H and O–H groups in total. The second-order valence-electron chi connectivity index (χ2n) is 12.7. The number of anilines is 1. The Kier molecular flexibility index (Phi) is 13.6. The fourth-order valence-corrected chi connectivity index (χ4v) is 7.25. The lowest BCUT2D eigenvalue weighted by Gasteiger charge is -2.30. The standard InChI is InChI=1S/C19H27NO3.C16H19F3O5S/c1-22-19(21)14-15-2-4-16(5-3-15)17-6-8-18(9-7-17)20-10-12-23-13-11-20;1-23-15(20)10-11-2-4-12(5-3-11)13-6-8-14(9-7-13)24-25(21,22)16(17,18)19/h6-9,15-16H,2-5,10-14H2,1H3;6-9,11-12H,2-5,10H2,1H3. The Morgan fingerprint density at radius 1 is 0.729 bits per heavy atom. The fourth-order valence-electron chi connectivity index (χ4n) is 6.79. The van der Waals surface area contributed by atoms with Crippen LogP contribution >= 0.6 is 0 Å². The molecule has 266 valence electrons. The molecule has 48 heavy (non-hydrogen) atoms. The van der Waals surface area contributed by atoms with E-state index in [4.69, 9.17) is 9.47 Å². The molecule has 1 saturated heterocycles. The van der Waals surface area contributed by atoms with E-state index < -0.39 is 15.6 Å². The number of esters is 2. The van der Waals surface area contributed by atoms with Crippen LogP contribution < -0.4 is 9.08 Å². The van der Waals surface area contributed by atoms with Crippen LogP contribution in [0.4, 0.5) is 18.9 Å². The normalized spacial score (nSPS) is 23.3. The number of methoxy groups -OCH3 is 2. The molecular weight excluding hydrogens is 651 g/mol. The molecule has 13 heteroatoms. The second kappa shape index (κ2) is 17.4. The first-order valence-electron chi connectivity index (χ1n) is 16.6. The van der Waals surface area contributed by atoms with Crippen LogP contribution in [0, 0.1) is 11.8 Å². The second-order valence-corrected chi connectivity index (χ2v) is 14.3. The van der Waals surface area contributed by atoms with Crippen LogP contribution in [0.5, 0.6) is 5.75 Å². The Balaban J connectivity index is 0.000000217. The lowest BCUT2D eigenvalue weighted by atomic mass is 9.77. The van der Waals surface area contributed by atoms with Crippen LogP contribution in [0.2, 0.25) is 0 Å². The van der Waals surface area contributed by atoms with Crippen molar-refractivity contribution >= 4 is 27.7 Å². The monoisotopic (exact) mass is 697 g/mol. The Morgan fingerprint density at radius 2 is 1.15 bits per heavy atom. The van der Waals surface area contributed by atoms with Crippen molar-refractivity contribution in [3.8, 4) is 5.75 Å². The summed E-state index contributed by atoms with van der Waals surface area (Å²) in [5.74, 6) is 0.985. The molecule has 2 aliphatic carbocycles. The number of morpholine rings is 1. The third-order valence-corrected chi connectivity index (χ3v) is 10.6. The van der Waals surface area contributed by atoms with Gasteiger partial charge in [-0.3, -0.25) is 9.59 Å². The number of alkyl halides is 3. The highest BCUT2D eigenvalue weighted by Crippen LogP contribution is 2.39. The minimum absolute atomic E-state index is 0.0664. The number of hydrogen-bond donors (Lipinski definition) is 0. The van der Waals surface area contributed by atoms with E-state index in [1.54, 1.807) is 12.1 Å². The largest absolute Gasteiger partial charge is 0.534 e. The summed E-state index contributed by atoms with van der Waals surface area (Å²) < 4.78 is 77.8. The predicted octanol–water partition coefficient (Wildman–Crippen LogP) is 7.11. The molecular formula is C35H46F3NO8S. The van der Waals surface area contributed by atoms with Crippen LogP contribution in [0.3, 0.4) is 0 Å². The van der Waals surface area contributed by atoms with Gasteiger partial charge in [-0.2, -0.15) is 21.6 Å². The summed E-state index contributed by atoms with van der Waals surface area (Å²) in [6, 6.07) is 14.7. The zero-order valence-electron chi connectivity index (χ0n) is 27.6. The minimum atomic E-state index is -5.65. The average molecular weight is 698 g/mol. The highest BCUT2D eigenvalue weighted by Gasteiger charge is 2.48. The Morgan fingerprint density at radius 3 is 1.54 bits per heavy atom. The molecule has 2 aromatic rings. The van der Waals surface area contributed by atoms with Crippen LogP contribution in [-0.4, -0.2) is 66.4 Å². The van der Waals surface area contributed by atoms with Gasteiger partial charge in [-0.15, -0.1) is 0 Å². The molecule has 0 bridgehead atoms. The summed E-state index contributed by atoms with van der Waals surface area (Å²) in [5, 5.41) is 0. The highest BCUT2D eigenvalue weighted by atomic mass is 32.2. The van der Waals surface area contributed by atoms with Crippen LogP contribution in [0.15, 0.2) is 48.5 Å². The van der Waals surface area contributed by atoms with Crippen LogP contribution in [-0.2, 0) is 33.9 Å². The summed E-state index contributed by atoms with van der Waals surface area (Å²) >= 11 is 0. The lowest BCUT2D eigenvalue weighted by Crippen LogP contribution is -2.36. The van der Waals surface area contributed by atoms with Crippen molar-refractivity contribution in [1.82, 2.24) is 0 Å². The van der Waals surface area contributed by atoms with Crippen molar-refractivity contribution in [3.05, 3.63) is 59.7 Å². The van der Waals surface area contributed by atoms with E-state index in [2.05, 4.69) is 38.1 Å². The topological polar surface area (TPSA) is 108 Å². The number of nitrogens with zero attached hydrogens (tertiary/aromatic N) is 1. The Hall–Kier alpha value is -3.32. The SMILES string of the molecule is COC(=O)CC1CCC(c2ccc(N3CCOCC3)cc2)CC1.COC(=O)CC1CCC(c2ccc(OS(=O)(=O)C(F)(F)F)cc2)CC1. The van der Waals surface area contributed by atoms with Gasteiger partial charge in [0.05, 0.1) is 27.4 Å². The summed E-state index contributed by atoms with van der Waals surface area (Å²) in [6.45, 7) is 3.62. The van der Waals surface area contributed by atoms with Crippen molar-refractivity contribution in [3.63, 3.8) is 0 Å². The lowest BCUT2D eigenvalue weighted by molar-refractivity contribution is -0.142. The van der Waals surface area contributed by atoms with Gasteiger partial charge in [0, 0.05) is 31.6 Å². The number of carbonyl (C=O) groups excluding carboxylic acids is 2. The average Bonchev–Trinajstić information content (AvgIpc) is 3.09. The summed E-state index contributed by atoms with van der Waals surface area (Å²) in [7, 11) is -2.82. The van der Waals surface area contributed by atoms with Gasteiger partial charge in [0.1, 0.15) is 5.75 Å². The molecule has 3 aliphatic rings. The maximum absolute atomic E-state index is 12.3. The maximum Gasteiger partial charge on any atom is 0.534 e. The molecule has 1 aliphatic heterocycles. The fraction of sp³-hybridized carbons (Fsp3) is 0.600. The van der Waals surface area contributed by atoms with Gasteiger partial charge >= 0.3 is 27.6 Å². The first-order chi connectivity index (χ1) is 22.9. The zero-order chi connectivity index (χ0) is 34.7. The molecule has 0 amide bonds. The first kappa shape index (κ1) is 37.5. The van der Waals surface area contributed by atoms with Gasteiger partial charge in [-0.05, 0) is 110 Å². The molecule has 3 fully saturated rings. The molecule has 1 heterocycles. The number of benzene rings is 2. The maximum atomic E-state index is 12.3. The molecule has 2 saturated carbocycles. The molecule has 0 radical (unpaired) electrons. The van der Waals surface area contributed by atoms with E-state index in [9.17, 15) is 31.2 Å². The smallest absolute Gasteiger partial charge is 0.469 e. The van der Waals surface area contributed by atoms with E-state index in [-0.39, 0.29) is 29.5 Å². The van der Waals surface area contributed by atoms with Crippen molar-refractivity contribution in [2.24, 2.45) is 11.8 Å². The quantitative estimate of drug-likeness (QED) is 0.154. The summed E-state index contributed by atoms with van der Waals surface area (Å²) in [6.07, 6.45) is 9.02. The van der Waals surface area contributed by atoms with Gasteiger partial charge in [-0.25, -0.2) is 0 Å². The van der Waals surface area contributed by atoms with E-state index in [0.29, 0.717) is 24.7 Å². The van der Waals surface area contributed by atoms with Crippen molar-refractivity contribution < 1.29 is 49.6 Å². The Bertz CT molecular complexity index is 1410. The molecule has 5 rings (SSSR count). The molecule has 0 aromatic heterocycles. The third-order valence-electron chi connectivity index (χ3n) is 9.64. The predicted molar refractivity (Wildman–Crippen MR) is 174 cm³/mol. The first-order valence-corrected chi connectivity index (χ1v) is 18.0. The number of ether oxygens (including phenoxy) is 3. The number of halogens is 3. The van der Waals surface area contributed by atoms with Gasteiger partial charge < -0.3 is 23.3 Å². The van der Waals surface area contributed by atoms with Gasteiger partial charge in [0.25, 0.3) is 0 Å². The summed E-state index contributed by atoms with van der Waals surface area (Å²) in [4.78, 5) is 25.1. The van der Waals surface area contributed by atoms with Gasteiger partial charge in [0.15, 0.2) is 0 Å². The van der Waals surface area contributed by atoms with Crippen LogP contribution in [0.25, 0.3) is 0 Å². The summed E-state index contributed by atoms with van der Waals surface area (Å²) in [5.41, 5.74) is -1.80. The van der Waals surface area contributed by atoms with Crippen molar-refractivity contribution in [2.45, 2.75) is 81.6 Å². The van der Waals surface area contributed by atoms with Crippen molar-refractivity contribution in [2.75, 3.05) is 45.4 Å². The number of carbonyl (C=O) groups is 2. The van der Waals surface area contributed by atoms with E-state index in [0.717, 1.165) is 70.4 Å². The van der Waals surface area contributed by atoms with E-state index in [1.807, 2.05) is 0 Å². The van der Waals surface area contributed by atoms with E-state index in [1.165, 1.54) is 50.4 Å². The molecule has 9 nitrogen and oxygen atoms in total.